The molecule has 29 heavy (non-hydrogen) atoms. The predicted octanol–water partition coefficient (Wildman–Crippen LogP) is 3.53. The maximum atomic E-state index is 12.9. The minimum absolute atomic E-state index is 0.157. The molecule has 1 heterocycles. The van der Waals surface area contributed by atoms with Gasteiger partial charge in [0.2, 0.25) is 10.0 Å². The molecule has 0 saturated heterocycles. The van der Waals surface area contributed by atoms with Gasteiger partial charge in [-0.1, -0.05) is 26.0 Å². The number of hydrogen-bond donors (Lipinski definition) is 1. The highest BCUT2D eigenvalue weighted by atomic mass is 32.2. The highest BCUT2D eigenvalue weighted by Crippen LogP contribution is 2.26. The van der Waals surface area contributed by atoms with E-state index in [4.69, 9.17) is 0 Å². The molecule has 0 aliphatic rings. The van der Waals surface area contributed by atoms with E-state index < -0.39 is 15.9 Å². The number of nitrogens with zero attached hydrogens (tertiary/aromatic N) is 3. The number of aryl methyl sites for hydroxylation is 1. The second kappa shape index (κ2) is 8.26. The average Bonchev–Trinajstić information content (AvgIpc) is 2.71. The van der Waals surface area contributed by atoms with Crippen molar-refractivity contribution in [2.24, 2.45) is 0 Å². The molecule has 0 unspecified atom stereocenters. The summed E-state index contributed by atoms with van der Waals surface area (Å²) in [4.78, 5) is 21.5. The van der Waals surface area contributed by atoms with Gasteiger partial charge in [-0.05, 0) is 49.2 Å². The summed E-state index contributed by atoms with van der Waals surface area (Å²) in [6.07, 6.45) is 1.41. The number of para-hydroxylation sites is 2. The molecule has 0 bridgehead atoms. The molecule has 8 heteroatoms. The van der Waals surface area contributed by atoms with E-state index in [0.29, 0.717) is 29.8 Å². The lowest BCUT2D eigenvalue weighted by Gasteiger charge is -2.20. The van der Waals surface area contributed by atoms with Crippen LogP contribution in [0.2, 0.25) is 0 Å². The number of carbonyl (C=O) groups excluding carboxylic acids is 1. The fourth-order valence-corrected chi connectivity index (χ4v) is 4.64. The van der Waals surface area contributed by atoms with Crippen LogP contribution in [0.3, 0.4) is 0 Å². The van der Waals surface area contributed by atoms with Gasteiger partial charge in [0.25, 0.3) is 5.91 Å². The minimum Gasteiger partial charge on any atom is -0.320 e. The molecule has 1 aromatic heterocycles. The first-order chi connectivity index (χ1) is 13.8. The minimum atomic E-state index is -3.64. The summed E-state index contributed by atoms with van der Waals surface area (Å²) >= 11 is 0. The highest BCUT2D eigenvalue weighted by Gasteiger charge is 2.24. The van der Waals surface area contributed by atoms with Crippen LogP contribution in [0.15, 0.2) is 47.5 Å². The molecule has 1 amide bonds. The zero-order chi connectivity index (χ0) is 21.2. The van der Waals surface area contributed by atoms with Crippen LogP contribution in [0.1, 0.15) is 35.5 Å². The van der Waals surface area contributed by atoms with Crippen molar-refractivity contribution in [3.8, 4) is 0 Å². The summed E-state index contributed by atoms with van der Waals surface area (Å²) in [7, 11) is -3.64. The van der Waals surface area contributed by atoms with Gasteiger partial charge in [-0.15, -0.1) is 0 Å². The normalized spacial score (nSPS) is 11.8. The number of sulfonamides is 1. The number of benzene rings is 2. The van der Waals surface area contributed by atoms with Crippen LogP contribution < -0.4 is 5.32 Å². The smallest absolute Gasteiger partial charge is 0.275 e. The first-order valence-electron chi connectivity index (χ1n) is 9.42. The van der Waals surface area contributed by atoms with Crippen molar-refractivity contribution >= 4 is 32.7 Å². The number of hydrogen-bond acceptors (Lipinski definition) is 5. The van der Waals surface area contributed by atoms with E-state index in [2.05, 4.69) is 15.3 Å². The molecular formula is C21H24N4O3S. The lowest BCUT2D eigenvalue weighted by molar-refractivity contribution is 0.102. The van der Waals surface area contributed by atoms with E-state index in [1.165, 1.54) is 16.6 Å². The van der Waals surface area contributed by atoms with Crippen LogP contribution in [0.4, 0.5) is 5.69 Å². The number of anilines is 1. The van der Waals surface area contributed by atoms with Gasteiger partial charge in [0.05, 0.1) is 22.1 Å². The number of carbonyl (C=O) groups is 1. The maximum absolute atomic E-state index is 12.9. The van der Waals surface area contributed by atoms with Crippen molar-refractivity contribution in [2.75, 3.05) is 18.4 Å². The number of rotatable bonds is 6. The Morgan fingerprint density at radius 3 is 2.38 bits per heavy atom. The quantitative estimate of drug-likeness (QED) is 0.669. The standard InChI is InChI=1S/C21H24N4O3S/c1-5-25(6-2)29(27,28)16-11-14(3)15(4)19(12-16)24-21(26)20-13-22-17-9-7-8-10-18(17)23-20/h7-13H,5-6H2,1-4H3,(H,24,26). The maximum Gasteiger partial charge on any atom is 0.275 e. The summed E-state index contributed by atoms with van der Waals surface area (Å²) in [5.41, 5.74) is 3.49. The molecule has 2 aromatic carbocycles. The zero-order valence-corrected chi connectivity index (χ0v) is 17.7. The molecule has 3 rings (SSSR count). The van der Waals surface area contributed by atoms with Crippen molar-refractivity contribution in [1.29, 1.82) is 0 Å². The average molecular weight is 413 g/mol. The summed E-state index contributed by atoms with van der Waals surface area (Å²) in [5.74, 6) is -0.442. The Bertz CT molecular complexity index is 1170. The molecular weight excluding hydrogens is 388 g/mol. The van der Waals surface area contributed by atoms with Gasteiger partial charge in [0.15, 0.2) is 0 Å². The van der Waals surface area contributed by atoms with Crippen LogP contribution in [0.5, 0.6) is 0 Å². The van der Waals surface area contributed by atoms with E-state index in [1.54, 1.807) is 26.0 Å². The van der Waals surface area contributed by atoms with Gasteiger partial charge in [0.1, 0.15) is 5.69 Å². The van der Waals surface area contributed by atoms with E-state index in [-0.39, 0.29) is 10.6 Å². The number of amides is 1. The zero-order valence-electron chi connectivity index (χ0n) is 16.9. The van der Waals surface area contributed by atoms with E-state index in [9.17, 15) is 13.2 Å². The molecule has 0 fully saturated rings. The number of aromatic nitrogens is 2. The Hall–Kier alpha value is -2.84. The first kappa shape index (κ1) is 20.9. The van der Waals surface area contributed by atoms with Crippen LogP contribution in [0.25, 0.3) is 11.0 Å². The molecule has 0 spiro atoms. The fraction of sp³-hybridized carbons (Fsp3) is 0.286. The SMILES string of the molecule is CCN(CC)S(=O)(=O)c1cc(C)c(C)c(NC(=O)c2cnc3ccccc3n2)c1. The number of fused-ring (bicyclic) bond motifs is 1. The molecule has 0 saturated carbocycles. The Morgan fingerprint density at radius 1 is 1.07 bits per heavy atom. The summed E-state index contributed by atoms with van der Waals surface area (Å²) < 4.78 is 27.2. The predicted molar refractivity (Wildman–Crippen MR) is 114 cm³/mol. The van der Waals surface area contributed by atoms with Crippen molar-refractivity contribution < 1.29 is 13.2 Å². The topological polar surface area (TPSA) is 92.3 Å². The molecule has 0 aliphatic carbocycles. The Labute approximate surface area is 170 Å². The third-order valence-corrected chi connectivity index (χ3v) is 6.94. The largest absolute Gasteiger partial charge is 0.320 e. The van der Waals surface area contributed by atoms with Gasteiger partial charge < -0.3 is 5.32 Å². The van der Waals surface area contributed by atoms with Gasteiger partial charge in [-0.2, -0.15) is 4.31 Å². The lowest BCUT2D eigenvalue weighted by atomic mass is 10.1. The third kappa shape index (κ3) is 4.13. The Morgan fingerprint density at radius 2 is 1.72 bits per heavy atom. The molecule has 0 atom stereocenters. The van der Waals surface area contributed by atoms with Crippen molar-refractivity contribution in [3.63, 3.8) is 0 Å². The summed E-state index contributed by atoms with van der Waals surface area (Å²) in [6.45, 7) is 8.00. The second-order valence-corrected chi connectivity index (χ2v) is 8.64. The number of nitrogens with one attached hydrogen (secondary N) is 1. The van der Waals surface area contributed by atoms with Crippen LogP contribution in [0, 0.1) is 13.8 Å². The van der Waals surface area contributed by atoms with Crippen LogP contribution in [-0.4, -0.2) is 41.7 Å². The fourth-order valence-electron chi connectivity index (χ4n) is 3.07. The van der Waals surface area contributed by atoms with Gasteiger partial charge >= 0.3 is 0 Å². The third-order valence-electron chi connectivity index (χ3n) is 4.91. The molecule has 0 radical (unpaired) electrons. The molecule has 1 N–H and O–H groups in total. The van der Waals surface area contributed by atoms with Crippen molar-refractivity contribution in [2.45, 2.75) is 32.6 Å². The van der Waals surface area contributed by atoms with Crippen LogP contribution >= 0.6 is 0 Å². The monoisotopic (exact) mass is 412 g/mol. The van der Waals surface area contributed by atoms with Crippen molar-refractivity contribution in [1.82, 2.24) is 14.3 Å². The molecule has 152 valence electrons. The van der Waals surface area contributed by atoms with Gasteiger partial charge in [-0.25, -0.2) is 13.4 Å². The molecule has 3 aromatic rings. The molecule has 7 nitrogen and oxygen atoms in total. The summed E-state index contributed by atoms with van der Waals surface area (Å²) in [5, 5.41) is 2.80. The van der Waals surface area contributed by atoms with E-state index >= 15 is 0 Å². The first-order valence-corrected chi connectivity index (χ1v) is 10.9. The Kier molecular flexibility index (Phi) is 5.95. The lowest BCUT2D eigenvalue weighted by Crippen LogP contribution is -2.30. The van der Waals surface area contributed by atoms with Crippen molar-refractivity contribution in [3.05, 3.63) is 59.4 Å². The van der Waals surface area contributed by atoms with E-state index in [1.807, 2.05) is 32.0 Å². The van der Waals surface area contributed by atoms with E-state index in [0.717, 1.165) is 11.1 Å². The van der Waals surface area contributed by atoms with Gasteiger partial charge in [-0.3, -0.25) is 9.78 Å². The second-order valence-electron chi connectivity index (χ2n) is 6.70. The summed E-state index contributed by atoms with van der Waals surface area (Å²) in [6, 6.07) is 10.4. The molecule has 0 aliphatic heterocycles. The Balaban J connectivity index is 1.97. The van der Waals surface area contributed by atoms with Gasteiger partial charge in [0, 0.05) is 18.8 Å². The highest BCUT2D eigenvalue weighted by molar-refractivity contribution is 7.89. The van der Waals surface area contributed by atoms with Crippen LogP contribution in [-0.2, 0) is 10.0 Å².